The van der Waals surface area contributed by atoms with Gasteiger partial charge >= 0.3 is 11.5 Å². The third-order valence-electron chi connectivity index (χ3n) is 3.23. The number of hydrogen-bond donors (Lipinski definition) is 0. The van der Waals surface area contributed by atoms with Gasteiger partial charge in [-0.15, -0.1) is 0 Å². The van der Waals surface area contributed by atoms with Crippen molar-refractivity contribution in [2.24, 2.45) is 7.05 Å². The Morgan fingerprint density at radius 3 is 2.85 bits per heavy atom. The molecule has 3 rings (SSSR count). The van der Waals surface area contributed by atoms with Crippen LogP contribution in [0, 0.1) is 6.92 Å². The van der Waals surface area contributed by atoms with Crippen LogP contribution in [0.4, 0.5) is 0 Å². The monoisotopic (exact) mass is 274 g/mol. The molecule has 0 saturated heterocycles. The van der Waals surface area contributed by atoms with Crippen LogP contribution in [-0.2, 0) is 13.6 Å². The van der Waals surface area contributed by atoms with Crippen molar-refractivity contribution in [2.75, 3.05) is 0 Å². The van der Waals surface area contributed by atoms with E-state index in [0.29, 0.717) is 22.8 Å². The molecule has 0 aliphatic rings. The van der Waals surface area contributed by atoms with Crippen LogP contribution in [0.1, 0.15) is 12.7 Å². The maximum atomic E-state index is 12.5. The molecule has 3 heterocycles. The van der Waals surface area contributed by atoms with Gasteiger partial charge < -0.3 is 4.42 Å². The lowest BCUT2D eigenvalue weighted by atomic mass is 10.4. The molecular weight excluding hydrogens is 260 g/mol. The zero-order valence-corrected chi connectivity index (χ0v) is 11.5. The van der Waals surface area contributed by atoms with Crippen molar-refractivity contribution in [2.45, 2.75) is 20.4 Å². The third-order valence-corrected chi connectivity index (χ3v) is 3.23. The van der Waals surface area contributed by atoms with Gasteiger partial charge in [0.1, 0.15) is 5.76 Å². The highest BCUT2D eigenvalue weighted by Crippen LogP contribution is 2.14. The Balaban J connectivity index is 2.50. The summed E-state index contributed by atoms with van der Waals surface area (Å²) in [5.74, 6) is 0.969. The van der Waals surface area contributed by atoms with E-state index in [-0.39, 0.29) is 12.1 Å². The molecule has 0 unspecified atom stereocenters. The predicted molar refractivity (Wildman–Crippen MR) is 74.0 cm³/mol. The van der Waals surface area contributed by atoms with Crippen LogP contribution in [0.3, 0.4) is 0 Å². The van der Waals surface area contributed by atoms with E-state index >= 15 is 0 Å². The molecule has 0 amide bonds. The molecule has 0 aliphatic carbocycles. The van der Waals surface area contributed by atoms with Crippen molar-refractivity contribution in [1.29, 1.82) is 0 Å². The lowest BCUT2D eigenvalue weighted by molar-refractivity contribution is 0.563. The molecule has 0 aromatic carbocycles. The molecule has 0 N–H and O–H groups in total. The van der Waals surface area contributed by atoms with Gasteiger partial charge in [-0.2, -0.15) is 4.98 Å². The van der Waals surface area contributed by atoms with Crippen LogP contribution in [0.15, 0.2) is 32.4 Å². The Kier molecular flexibility index (Phi) is 2.63. The second-order valence-corrected chi connectivity index (χ2v) is 4.60. The molecule has 3 aromatic heterocycles. The van der Waals surface area contributed by atoms with Gasteiger partial charge in [-0.05, 0) is 13.8 Å². The maximum absolute atomic E-state index is 12.5. The highest BCUT2D eigenvalue weighted by atomic mass is 16.4. The second-order valence-electron chi connectivity index (χ2n) is 4.60. The largest absolute Gasteiger partial charge is 0.428 e. The molecule has 0 aliphatic heterocycles. The van der Waals surface area contributed by atoms with Crippen LogP contribution in [0.2, 0.25) is 0 Å². The summed E-state index contributed by atoms with van der Waals surface area (Å²) in [6, 6.07) is 0. The fourth-order valence-corrected chi connectivity index (χ4v) is 2.24. The number of aryl methyl sites for hydroxylation is 2. The summed E-state index contributed by atoms with van der Waals surface area (Å²) >= 11 is 0. The summed E-state index contributed by atoms with van der Waals surface area (Å²) in [7, 11) is 1.59. The molecule has 7 heteroatoms. The molecule has 0 bridgehead atoms. The molecule has 3 aromatic rings. The minimum absolute atomic E-state index is 0.238. The van der Waals surface area contributed by atoms with Crippen molar-refractivity contribution in [3.8, 4) is 0 Å². The van der Waals surface area contributed by atoms with Gasteiger partial charge in [-0.1, -0.05) is 12.2 Å². The molecule has 0 radical (unpaired) electrons. The lowest BCUT2D eigenvalue weighted by Gasteiger charge is -2.05. The van der Waals surface area contributed by atoms with E-state index in [1.54, 1.807) is 36.7 Å². The summed E-state index contributed by atoms with van der Waals surface area (Å²) in [4.78, 5) is 28.9. The molecule has 0 fully saturated rings. The average Bonchev–Trinajstić information content (AvgIpc) is 2.92. The summed E-state index contributed by atoms with van der Waals surface area (Å²) < 4.78 is 9.52. The highest BCUT2D eigenvalue weighted by Gasteiger charge is 2.18. The van der Waals surface area contributed by atoms with Crippen molar-refractivity contribution >= 4 is 17.0 Å². The first-order chi connectivity index (χ1) is 9.54. The first-order valence-electron chi connectivity index (χ1n) is 6.23. The quantitative estimate of drug-likeness (QED) is 0.649. The number of oxazole rings is 1. The summed E-state index contributed by atoms with van der Waals surface area (Å²) in [6.45, 7) is 3.85. The fraction of sp³-hybridized carbons (Fsp3) is 0.308. The molecule has 0 spiro atoms. The standard InChI is InChI=1S/C13H14N4O3/c1-4-5-6-16-11(18)9-10(15(3)13(16)19)14-12-17(9)7-8(2)20-12/h4-5,7H,6H2,1-3H3. The van der Waals surface area contributed by atoms with Gasteiger partial charge in [0.15, 0.2) is 11.2 Å². The van der Waals surface area contributed by atoms with Crippen LogP contribution in [0.5, 0.6) is 0 Å². The summed E-state index contributed by atoms with van der Waals surface area (Å²) in [6.07, 6.45) is 5.24. The van der Waals surface area contributed by atoms with E-state index in [4.69, 9.17) is 4.42 Å². The minimum atomic E-state index is -0.391. The topological polar surface area (TPSA) is 74.4 Å². The zero-order chi connectivity index (χ0) is 14.4. The first kappa shape index (κ1) is 12.5. The van der Waals surface area contributed by atoms with Crippen LogP contribution in [-0.4, -0.2) is 18.5 Å². The van der Waals surface area contributed by atoms with Crippen molar-refractivity contribution in [1.82, 2.24) is 18.5 Å². The molecule has 0 saturated carbocycles. The SMILES string of the molecule is CC=CCn1c(=O)c2c(nc3oc(C)cn32)n(C)c1=O. The van der Waals surface area contributed by atoms with E-state index < -0.39 is 5.69 Å². The van der Waals surface area contributed by atoms with Gasteiger partial charge in [0.2, 0.25) is 0 Å². The number of imidazole rings is 1. The highest BCUT2D eigenvalue weighted by molar-refractivity contribution is 5.74. The second kappa shape index (κ2) is 4.22. The van der Waals surface area contributed by atoms with E-state index in [9.17, 15) is 9.59 Å². The Morgan fingerprint density at radius 1 is 1.40 bits per heavy atom. The van der Waals surface area contributed by atoms with E-state index in [0.717, 1.165) is 0 Å². The molecule has 104 valence electrons. The predicted octanol–water partition coefficient (Wildman–Crippen LogP) is 0.825. The van der Waals surface area contributed by atoms with E-state index in [1.807, 2.05) is 6.92 Å². The number of hydrogen-bond acceptors (Lipinski definition) is 4. The maximum Gasteiger partial charge on any atom is 0.332 e. The third kappa shape index (κ3) is 1.56. The number of rotatable bonds is 2. The van der Waals surface area contributed by atoms with Gasteiger partial charge in [-0.3, -0.25) is 18.3 Å². The van der Waals surface area contributed by atoms with Crippen LogP contribution >= 0.6 is 0 Å². The molecule has 7 nitrogen and oxygen atoms in total. The normalized spacial score (nSPS) is 12.2. The number of nitrogens with zero attached hydrogens (tertiary/aromatic N) is 4. The smallest absolute Gasteiger partial charge is 0.332 e. The number of aromatic nitrogens is 4. The van der Waals surface area contributed by atoms with Gasteiger partial charge in [0, 0.05) is 13.6 Å². The average molecular weight is 274 g/mol. The molecular formula is C13H14N4O3. The minimum Gasteiger partial charge on any atom is -0.428 e. The van der Waals surface area contributed by atoms with E-state index in [1.165, 1.54) is 9.13 Å². The van der Waals surface area contributed by atoms with Crippen LogP contribution in [0.25, 0.3) is 17.0 Å². The Bertz CT molecular complexity index is 952. The number of allylic oxidation sites excluding steroid dienone is 2. The molecule has 0 atom stereocenters. The molecule has 20 heavy (non-hydrogen) atoms. The summed E-state index contributed by atoms with van der Waals surface area (Å²) in [5.41, 5.74) is -0.0773. The van der Waals surface area contributed by atoms with Gasteiger partial charge in [0.05, 0.1) is 6.20 Å². The fourth-order valence-electron chi connectivity index (χ4n) is 2.24. The van der Waals surface area contributed by atoms with E-state index in [2.05, 4.69) is 4.98 Å². The van der Waals surface area contributed by atoms with Crippen molar-refractivity contribution < 1.29 is 4.42 Å². The Labute approximate surface area is 113 Å². The van der Waals surface area contributed by atoms with Gasteiger partial charge in [0.25, 0.3) is 5.56 Å². The summed E-state index contributed by atoms with van der Waals surface area (Å²) in [5, 5.41) is 0. The Morgan fingerprint density at radius 2 is 2.15 bits per heavy atom. The first-order valence-corrected chi connectivity index (χ1v) is 6.23. The van der Waals surface area contributed by atoms with Crippen molar-refractivity contribution in [3.63, 3.8) is 0 Å². The Hall–Kier alpha value is -2.57. The lowest BCUT2D eigenvalue weighted by Crippen LogP contribution is -2.39. The zero-order valence-electron chi connectivity index (χ0n) is 11.5. The van der Waals surface area contributed by atoms with Crippen molar-refractivity contribution in [3.05, 3.63) is 44.9 Å². The van der Waals surface area contributed by atoms with Crippen LogP contribution < -0.4 is 11.2 Å². The van der Waals surface area contributed by atoms with Gasteiger partial charge in [-0.25, -0.2) is 4.79 Å². The number of fused-ring (bicyclic) bond motifs is 3.